The molecule has 0 aliphatic carbocycles. The molecule has 0 aromatic heterocycles. The number of hydrogen-bond donors (Lipinski definition) is 1. The quantitative estimate of drug-likeness (QED) is 0.584. The van der Waals surface area contributed by atoms with E-state index in [0.29, 0.717) is 6.10 Å². The van der Waals surface area contributed by atoms with Crippen molar-refractivity contribution in [2.24, 2.45) is 5.92 Å². The van der Waals surface area contributed by atoms with Crippen molar-refractivity contribution >= 4 is 12.6 Å². The third-order valence-electron chi connectivity index (χ3n) is 1.95. The Kier molecular flexibility index (Phi) is 2.86. The second-order valence-electron chi connectivity index (χ2n) is 2.69. The number of rotatable bonds is 2. The summed E-state index contributed by atoms with van der Waals surface area (Å²) in [6, 6.07) is 0. The Morgan fingerprint density at radius 3 is 2.89 bits per heavy atom. The smallest absolute Gasteiger partial charge is 0.0609 e. The first-order valence-electron chi connectivity index (χ1n) is 3.57. The van der Waals surface area contributed by atoms with Gasteiger partial charge in [0, 0.05) is 6.61 Å². The molecule has 1 rings (SSSR count). The van der Waals surface area contributed by atoms with E-state index in [1.165, 1.54) is 6.42 Å². The van der Waals surface area contributed by atoms with Crippen LogP contribution >= 0.6 is 12.6 Å². The highest BCUT2D eigenvalue weighted by Gasteiger charge is 2.22. The summed E-state index contributed by atoms with van der Waals surface area (Å²) in [7, 11) is 0. The third kappa shape index (κ3) is 1.87. The Balaban J connectivity index is 2.22. The van der Waals surface area contributed by atoms with E-state index in [2.05, 4.69) is 19.6 Å². The maximum atomic E-state index is 5.46. The van der Waals surface area contributed by atoms with Gasteiger partial charge in [0.05, 0.1) is 6.10 Å². The highest BCUT2D eigenvalue weighted by Crippen LogP contribution is 2.22. The molecule has 0 aromatic rings. The molecule has 1 nitrogen and oxygen atoms in total. The molecule has 0 radical (unpaired) electrons. The van der Waals surface area contributed by atoms with Gasteiger partial charge in [0.2, 0.25) is 0 Å². The minimum absolute atomic E-state index is 0.502. The van der Waals surface area contributed by atoms with Crippen LogP contribution in [0.15, 0.2) is 0 Å². The fraction of sp³-hybridized carbons (Fsp3) is 1.00. The Bertz CT molecular complexity index is 85.0. The first-order chi connectivity index (χ1) is 4.34. The van der Waals surface area contributed by atoms with Gasteiger partial charge in [0.1, 0.15) is 0 Å². The van der Waals surface area contributed by atoms with Crippen LogP contribution in [0, 0.1) is 5.92 Å². The van der Waals surface area contributed by atoms with Gasteiger partial charge >= 0.3 is 0 Å². The van der Waals surface area contributed by atoms with Gasteiger partial charge in [-0.2, -0.15) is 12.6 Å². The van der Waals surface area contributed by atoms with Crippen LogP contribution in [0.5, 0.6) is 0 Å². The maximum Gasteiger partial charge on any atom is 0.0609 e. The number of ether oxygens (including phenoxy) is 1. The minimum Gasteiger partial charge on any atom is -0.378 e. The summed E-state index contributed by atoms with van der Waals surface area (Å²) < 4.78 is 5.46. The first kappa shape index (κ1) is 7.42. The van der Waals surface area contributed by atoms with Crippen molar-refractivity contribution in [3.05, 3.63) is 0 Å². The van der Waals surface area contributed by atoms with Crippen LogP contribution in [0.3, 0.4) is 0 Å². The van der Waals surface area contributed by atoms with Crippen LogP contribution in [-0.2, 0) is 4.74 Å². The monoisotopic (exact) mass is 146 g/mol. The lowest BCUT2D eigenvalue weighted by molar-refractivity contribution is 0.0922. The number of thiol groups is 1. The summed E-state index contributed by atoms with van der Waals surface area (Å²) in [6.07, 6.45) is 2.85. The van der Waals surface area contributed by atoms with Gasteiger partial charge in [-0.3, -0.25) is 0 Å². The molecule has 0 saturated carbocycles. The molecule has 1 aliphatic heterocycles. The predicted octanol–water partition coefficient (Wildman–Crippen LogP) is 1.73. The van der Waals surface area contributed by atoms with Crippen LogP contribution in [-0.4, -0.2) is 18.5 Å². The van der Waals surface area contributed by atoms with Crippen molar-refractivity contribution in [3.8, 4) is 0 Å². The fourth-order valence-corrected chi connectivity index (χ4v) is 1.51. The standard InChI is InChI=1S/C7H14OS/c1-6-2-4-8-7(6)3-5-9/h6-7,9H,2-5H2,1H3. The van der Waals surface area contributed by atoms with Crippen molar-refractivity contribution in [1.82, 2.24) is 0 Å². The molecule has 0 bridgehead atoms. The van der Waals surface area contributed by atoms with Gasteiger partial charge in [-0.25, -0.2) is 0 Å². The average molecular weight is 146 g/mol. The lowest BCUT2D eigenvalue weighted by atomic mass is 10.0. The molecule has 0 spiro atoms. The minimum atomic E-state index is 0.502. The van der Waals surface area contributed by atoms with Crippen molar-refractivity contribution in [2.45, 2.75) is 25.9 Å². The number of hydrogen-bond acceptors (Lipinski definition) is 2. The third-order valence-corrected chi connectivity index (χ3v) is 2.21. The lowest BCUT2D eigenvalue weighted by Crippen LogP contribution is -2.13. The van der Waals surface area contributed by atoms with Gasteiger partial charge in [0.15, 0.2) is 0 Å². The van der Waals surface area contributed by atoms with Gasteiger partial charge in [-0.1, -0.05) is 6.92 Å². The molecular formula is C7H14OS. The summed E-state index contributed by atoms with van der Waals surface area (Å²) in [5.74, 6) is 1.71. The predicted molar refractivity (Wildman–Crippen MR) is 42.0 cm³/mol. The summed E-state index contributed by atoms with van der Waals surface area (Å²) in [4.78, 5) is 0. The Labute approximate surface area is 62.2 Å². The second kappa shape index (κ2) is 3.47. The first-order valence-corrected chi connectivity index (χ1v) is 4.20. The normalized spacial score (nSPS) is 35.3. The van der Waals surface area contributed by atoms with E-state index in [4.69, 9.17) is 4.74 Å². The topological polar surface area (TPSA) is 9.23 Å². The lowest BCUT2D eigenvalue weighted by Gasteiger charge is -2.11. The Morgan fingerprint density at radius 2 is 2.44 bits per heavy atom. The molecule has 1 saturated heterocycles. The summed E-state index contributed by atoms with van der Waals surface area (Å²) in [6.45, 7) is 3.21. The molecule has 0 aromatic carbocycles. The highest BCUT2D eigenvalue weighted by molar-refractivity contribution is 7.80. The van der Waals surface area contributed by atoms with Crippen molar-refractivity contribution in [2.75, 3.05) is 12.4 Å². The molecule has 2 heteroatoms. The van der Waals surface area contributed by atoms with Crippen LogP contribution in [0.2, 0.25) is 0 Å². The second-order valence-corrected chi connectivity index (χ2v) is 3.13. The fourth-order valence-electron chi connectivity index (χ4n) is 1.25. The zero-order chi connectivity index (χ0) is 6.69. The van der Waals surface area contributed by atoms with E-state index in [9.17, 15) is 0 Å². The Morgan fingerprint density at radius 1 is 1.67 bits per heavy atom. The van der Waals surface area contributed by atoms with E-state index in [1.54, 1.807) is 0 Å². The van der Waals surface area contributed by atoms with E-state index in [1.807, 2.05) is 0 Å². The van der Waals surface area contributed by atoms with Gasteiger partial charge in [-0.15, -0.1) is 0 Å². The summed E-state index contributed by atoms with van der Waals surface area (Å²) in [5.41, 5.74) is 0. The SMILES string of the molecule is CC1CCOC1CCS. The van der Waals surface area contributed by atoms with Gasteiger partial charge < -0.3 is 4.74 Å². The molecule has 2 atom stereocenters. The van der Waals surface area contributed by atoms with Crippen LogP contribution in [0.4, 0.5) is 0 Å². The maximum absolute atomic E-state index is 5.46. The van der Waals surface area contributed by atoms with Crippen LogP contribution in [0.1, 0.15) is 19.8 Å². The van der Waals surface area contributed by atoms with Gasteiger partial charge in [-0.05, 0) is 24.5 Å². The van der Waals surface area contributed by atoms with Gasteiger partial charge in [0.25, 0.3) is 0 Å². The van der Waals surface area contributed by atoms with E-state index >= 15 is 0 Å². The largest absolute Gasteiger partial charge is 0.378 e. The van der Waals surface area contributed by atoms with Crippen LogP contribution < -0.4 is 0 Å². The molecule has 54 valence electrons. The molecule has 1 heterocycles. The average Bonchev–Trinajstić information content (AvgIpc) is 2.18. The zero-order valence-corrected chi connectivity index (χ0v) is 6.73. The van der Waals surface area contributed by atoms with Crippen molar-refractivity contribution < 1.29 is 4.74 Å². The molecular weight excluding hydrogens is 132 g/mol. The van der Waals surface area contributed by atoms with Crippen molar-refractivity contribution in [1.29, 1.82) is 0 Å². The molecule has 0 amide bonds. The Hall–Kier alpha value is 0.310. The highest BCUT2D eigenvalue weighted by atomic mass is 32.1. The molecule has 0 N–H and O–H groups in total. The van der Waals surface area contributed by atoms with E-state index in [0.717, 1.165) is 24.7 Å². The summed E-state index contributed by atoms with van der Waals surface area (Å²) >= 11 is 4.16. The van der Waals surface area contributed by atoms with E-state index < -0.39 is 0 Å². The summed E-state index contributed by atoms with van der Waals surface area (Å²) in [5, 5.41) is 0. The van der Waals surface area contributed by atoms with E-state index in [-0.39, 0.29) is 0 Å². The zero-order valence-electron chi connectivity index (χ0n) is 5.84. The molecule has 2 unspecified atom stereocenters. The van der Waals surface area contributed by atoms with Crippen LogP contribution in [0.25, 0.3) is 0 Å². The van der Waals surface area contributed by atoms with Crippen molar-refractivity contribution in [3.63, 3.8) is 0 Å². The molecule has 1 aliphatic rings. The molecule has 1 fully saturated rings. The molecule has 9 heavy (non-hydrogen) atoms.